The second-order valence-corrected chi connectivity index (χ2v) is 4.29. The summed E-state index contributed by atoms with van der Waals surface area (Å²) in [5, 5.41) is 0. The van der Waals surface area contributed by atoms with Crippen LogP contribution in [0.3, 0.4) is 0 Å². The van der Waals surface area contributed by atoms with E-state index >= 15 is 0 Å². The van der Waals surface area contributed by atoms with Crippen molar-refractivity contribution >= 4 is 0 Å². The van der Waals surface area contributed by atoms with Crippen LogP contribution in [-0.4, -0.2) is 6.61 Å². The van der Waals surface area contributed by atoms with Crippen molar-refractivity contribution in [2.75, 3.05) is 6.61 Å². The minimum Gasteiger partial charge on any atom is -0.493 e. The first kappa shape index (κ1) is 7.43. The minimum atomic E-state index is 0.839. The number of benzene rings is 1. The Labute approximate surface area is 78.7 Å². The van der Waals surface area contributed by atoms with Crippen molar-refractivity contribution in [1.82, 2.24) is 0 Å². The van der Waals surface area contributed by atoms with Crippen LogP contribution in [0.15, 0.2) is 18.2 Å². The quantitative estimate of drug-likeness (QED) is 0.636. The van der Waals surface area contributed by atoms with Gasteiger partial charge in [-0.2, -0.15) is 0 Å². The molecule has 0 amide bonds. The molecule has 0 saturated heterocycles. The molecule has 1 heteroatoms. The Hall–Kier alpha value is -0.980. The number of hydrogen-bond donors (Lipinski definition) is 0. The van der Waals surface area contributed by atoms with Crippen molar-refractivity contribution in [1.29, 1.82) is 0 Å². The lowest BCUT2D eigenvalue weighted by atomic mass is 10.0. The average Bonchev–Trinajstić information content (AvgIpc) is 2.70. The molecule has 0 aromatic heterocycles. The molecule has 1 saturated carbocycles. The summed E-state index contributed by atoms with van der Waals surface area (Å²) in [5.41, 5.74) is 2.94. The summed E-state index contributed by atoms with van der Waals surface area (Å²) in [4.78, 5) is 0. The van der Waals surface area contributed by atoms with E-state index in [-0.39, 0.29) is 0 Å². The SMILES string of the molecule is CC1CC1c1ccc2c(c1)CCO2. The lowest BCUT2D eigenvalue weighted by Crippen LogP contribution is -1.85. The van der Waals surface area contributed by atoms with Gasteiger partial charge < -0.3 is 4.74 Å². The third kappa shape index (κ3) is 1.14. The van der Waals surface area contributed by atoms with E-state index in [1.165, 1.54) is 17.5 Å². The highest BCUT2D eigenvalue weighted by Gasteiger charge is 2.34. The Balaban J connectivity index is 1.96. The highest BCUT2D eigenvalue weighted by molar-refractivity contribution is 5.42. The molecule has 0 spiro atoms. The van der Waals surface area contributed by atoms with E-state index in [1.807, 2.05) is 0 Å². The van der Waals surface area contributed by atoms with E-state index in [4.69, 9.17) is 4.74 Å². The Kier molecular flexibility index (Phi) is 1.43. The maximum absolute atomic E-state index is 5.48. The van der Waals surface area contributed by atoms with Gasteiger partial charge in [0.25, 0.3) is 0 Å². The molecule has 1 aliphatic heterocycles. The van der Waals surface area contributed by atoms with Crippen LogP contribution in [0.4, 0.5) is 0 Å². The number of ether oxygens (including phenoxy) is 1. The topological polar surface area (TPSA) is 9.23 Å². The lowest BCUT2D eigenvalue weighted by Gasteiger charge is -2.02. The molecule has 2 unspecified atom stereocenters. The highest BCUT2D eigenvalue weighted by Crippen LogP contribution is 2.47. The zero-order valence-corrected chi connectivity index (χ0v) is 7.92. The number of hydrogen-bond acceptors (Lipinski definition) is 1. The molecule has 1 aliphatic carbocycles. The van der Waals surface area contributed by atoms with Gasteiger partial charge >= 0.3 is 0 Å². The molecule has 0 radical (unpaired) electrons. The molecular formula is C12H14O. The zero-order valence-electron chi connectivity index (χ0n) is 7.92. The minimum absolute atomic E-state index is 0.839. The monoisotopic (exact) mass is 174 g/mol. The highest BCUT2D eigenvalue weighted by atomic mass is 16.5. The van der Waals surface area contributed by atoms with Crippen molar-refractivity contribution in [3.05, 3.63) is 29.3 Å². The Morgan fingerprint density at radius 3 is 3.00 bits per heavy atom. The third-order valence-corrected chi connectivity index (χ3v) is 3.25. The third-order valence-electron chi connectivity index (χ3n) is 3.25. The number of rotatable bonds is 1. The second-order valence-electron chi connectivity index (χ2n) is 4.29. The molecule has 1 heterocycles. The van der Waals surface area contributed by atoms with Crippen LogP contribution in [0.5, 0.6) is 5.75 Å². The van der Waals surface area contributed by atoms with E-state index in [0.29, 0.717) is 0 Å². The molecule has 0 N–H and O–H groups in total. The molecule has 68 valence electrons. The molecule has 13 heavy (non-hydrogen) atoms. The molecule has 2 atom stereocenters. The fraction of sp³-hybridized carbons (Fsp3) is 0.500. The predicted octanol–water partition coefficient (Wildman–Crippen LogP) is 2.74. The summed E-state index contributed by atoms with van der Waals surface area (Å²) < 4.78 is 5.48. The maximum Gasteiger partial charge on any atom is 0.122 e. The van der Waals surface area contributed by atoms with E-state index in [9.17, 15) is 0 Å². The molecule has 2 aliphatic rings. The Morgan fingerprint density at radius 2 is 2.23 bits per heavy atom. The first-order valence-electron chi connectivity index (χ1n) is 5.10. The second kappa shape index (κ2) is 2.50. The summed E-state index contributed by atoms with van der Waals surface area (Å²) in [7, 11) is 0. The van der Waals surface area contributed by atoms with Gasteiger partial charge in [-0.15, -0.1) is 0 Å². The van der Waals surface area contributed by atoms with Gasteiger partial charge in [-0.05, 0) is 35.4 Å². The van der Waals surface area contributed by atoms with Crippen molar-refractivity contribution in [2.24, 2.45) is 5.92 Å². The van der Waals surface area contributed by atoms with Gasteiger partial charge in [-0.1, -0.05) is 19.1 Å². The Bertz CT molecular complexity index is 343. The fourth-order valence-electron chi connectivity index (χ4n) is 2.22. The van der Waals surface area contributed by atoms with Gasteiger partial charge in [0.2, 0.25) is 0 Å². The van der Waals surface area contributed by atoms with Crippen LogP contribution in [0.25, 0.3) is 0 Å². The van der Waals surface area contributed by atoms with Crippen LogP contribution in [0, 0.1) is 5.92 Å². The van der Waals surface area contributed by atoms with Gasteiger partial charge in [-0.3, -0.25) is 0 Å². The predicted molar refractivity (Wildman–Crippen MR) is 52.2 cm³/mol. The standard InChI is InChI=1S/C12H14O/c1-8-6-11(8)9-2-3-12-10(7-9)4-5-13-12/h2-3,7-8,11H,4-6H2,1H3. The summed E-state index contributed by atoms with van der Waals surface area (Å²) in [6.45, 7) is 3.20. The van der Waals surface area contributed by atoms with Gasteiger partial charge in [0.1, 0.15) is 5.75 Å². The van der Waals surface area contributed by atoms with Crippen molar-refractivity contribution in [2.45, 2.75) is 25.7 Å². The summed E-state index contributed by atoms with van der Waals surface area (Å²) in [6, 6.07) is 6.72. The van der Waals surface area contributed by atoms with Crippen LogP contribution >= 0.6 is 0 Å². The van der Waals surface area contributed by atoms with E-state index < -0.39 is 0 Å². The maximum atomic E-state index is 5.48. The fourth-order valence-corrected chi connectivity index (χ4v) is 2.22. The molecule has 3 rings (SSSR count). The average molecular weight is 174 g/mol. The molecule has 1 aromatic carbocycles. The normalized spacial score (nSPS) is 29.6. The van der Waals surface area contributed by atoms with Crippen molar-refractivity contribution in [3.8, 4) is 5.75 Å². The van der Waals surface area contributed by atoms with Crippen molar-refractivity contribution < 1.29 is 4.74 Å². The first-order valence-corrected chi connectivity index (χ1v) is 5.10. The van der Waals surface area contributed by atoms with Crippen LogP contribution < -0.4 is 4.74 Å². The van der Waals surface area contributed by atoms with Crippen LogP contribution in [0.2, 0.25) is 0 Å². The van der Waals surface area contributed by atoms with Gasteiger partial charge in [0, 0.05) is 6.42 Å². The van der Waals surface area contributed by atoms with E-state index in [2.05, 4.69) is 25.1 Å². The van der Waals surface area contributed by atoms with E-state index in [0.717, 1.165) is 30.6 Å². The molecular weight excluding hydrogens is 160 g/mol. The Morgan fingerprint density at radius 1 is 1.38 bits per heavy atom. The number of fused-ring (bicyclic) bond motifs is 1. The summed E-state index contributed by atoms with van der Waals surface area (Å²) >= 11 is 0. The van der Waals surface area contributed by atoms with Crippen LogP contribution in [0.1, 0.15) is 30.4 Å². The van der Waals surface area contributed by atoms with Crippen LogP contribution in [-0.2, 0) is 6.42 Å². The first-order chi connectivity index (χ1) is 6.34. The van der Waals surface area contributed by atoms with Gasteiger partial charge in [-0.25, -0.2) is 0 Å². The molecule has 0 bridgehead atoms. The lowest BCUT2D eigenvalue weighted by molar-refractivity contribution is 0.357. The smallest absolute Gasteiger partial charge is 0.122 e. The summed E-state index contributed by atoms with van der Waals surface area (Å²) in [5.74, 6) is 2.85. The summed E-state index contributed by atoms with van der Waals surface area (Å²) in [6.07, 6.45) is 2.48. The van der Waals surface area contributed by atoms with Gasteiger partial charge in [0.05, 0.1) is 6.61 Å². The van der Waals surface area contributed by atoms with Gasteiger partial charge in [0.15, 0.2) is 0 Å². The van der Waals surface area contributed by atoms with Crippen molar-refractivity contribution in [3.63, 3.8) is 0 Å². The largest absolute Gasteiger partial charge is 0.493 e. The van der Waals surface area contributed by atoms with E-state index in [1.54, 1.807) is 0 Å². The molecule has 1 fully saturated rings. The zero-order chi connectivity index (χ0) is 8.84. The molecule has 1 nitrogen and oxygen atoms in total. The molecule has 1 aromatic rings.